The summed E-state index contributed by atoms with van der Waals surface area (Å²) < 4.78 is 46.2. The molecule has 0 atom stereocenters. The molecule has 0 saturated heterocycles. The first-order valence-electron chi connectivity index (χ1n) is 9.73. The third-order valence-corrected chi connectivity index (χ3v) is 6.65. The number of carbonyl (C=O) groups excluding carboxylic acids is 1. The van der Waals surface area contributed by atoms with E-state index in [0.29, 0.717) is 11.3 Å². The molecule has 0 heterocycles. The summed E-state index contributed by atoms with van der Waals surface area (Å²) in [6.45, 7) is 1.04. The first-order valence-corrected chi connectivity index (χ1v) is 11.5. The summed E-state index contributed by atoms with van der Waals surface area (Å²) in [5, 5.41) is 4.27. The zero-order valence-electron chi connectivity index (χ0n) is 17.8. The zero-order chi connectivity index (χ0) is 24.0. The number of amides is 1. The van der Waals surface area contributed by atoms with Gasteiger partial charge in [0.05, 0.1) is 23.4 Å². The quantitative estimate of drug-likeness (QED) is 0.379. The molecular formula is C23H21ClFN3O4S. The fourth-order valence-corrected chi connectivity index (χ4v) is 4.56. The summed E-state index contributed by atoms with van der Waals surface area (Å²) >= 11 is 6.11. The second-order valence-corrected chi connectivity index (χ2v) is 9.18. The summed E-state index contributed by atoms with van der Waals surface area (Å²) in [6.07, 6.45) is 0. The van der Waals surface area contributed by atoms with Crippen LogP contribution in [-0.2, 0) is 14.8 Å². The normalized spacial score (nSPS) is 11.7. The molecule has 0 aliphatic heterocycles. The molecule has 3 aromatic carbocycles. The van der Waals surface area contributed by atoms with Crippen LogP contribution in [0, 0.1) is 5.82 Å². The maximum absolute atomic E-state index is 13.4. The zero-order valence-corrected chi connectivity index (χ0v) is 19.4. The number of nitrogens with zero attached hydrogens (tertiary/aromatic N) is 2. The van der Waals surface area contributed by atoms with Gasteiger partial charge < -0.3 is 4.74 Å². The van der Waals surface area contributed by atoms with Gasteiger partial charge in [-0.25, -0.2) is 18.2 Å². The Labute approximate surface area is 196 Å². The first kappa shape index (κ1) is 24.2. The van der Waals surface area contributed by atoms with Crippen molar-refractivity contribution in [3.8, 4) is 5.75 Å². The minimum atomic E-state index is -4.15. The lowest BCUT2D eigenvalue weighted by Gasteiger charge is -2.25. The highest BCUT2D eigenvalue weighted by Gasteiger charge is 2.29. The van der Waals surface area contributed by atoms with Gasteiger partial charge in [-0.15, -0.1) is 0 Å². The van der Waals surface area contributed by atoms with Gasteiger partial charge in [0.2, 0.25) is 0 Å². The predicted octanol–water partition coefficient (Wildman–Crippen LogP) is 4.22. The Bertz CT molecular complexity index is 1270. The van der Waals surface area contributed by atoms with Gasteiger partial charge in [0.15, 0.2) is 0 Å². The van der Waals surface area contributed by atoms with Crippen LogP contribution in [0.15, 0.2) is 82.8 Å². The molecule has 0 radical (unpaired) electrons. The topological polar surface area (TPSA) is 88.1 Å². The van der Waals surface area contributed by atoms with Crippen LogP contribution in [0.25, 0.3) is 0 Å². The van der Waals surface area contributed by atoms with Gasteiger partial charge in [-0.3, -0.25) is 9.10 Å². The summed E-state index contributed by atoms with van der Waals surface area (Å²) in [5.41, 5.74) is 3.46. The molecule has 33 heavy (non-hydrogen) atoms. The number of benzene rings is 3. The Morgan fingerprint density at radius 1 is 1.09 bits per heavy atom. The minimum absolute atomic E-state index is 0.00850. The molecule has 7 nitrogen and oxygen atoms in total. The number of halogens is 2. The summed E-state index contributed by atoms with van der Waals surface area (Å²) in [6, 6.07) is 17.7. The highest BCUT2D eigenvalue weighted by Crippen LogP contribution is 2.34. The molecule has 3 aromatic rings. The Balaban J connectivity index is 1.93. The fourth-order valence-electron chi connectivity index (χ4n) is 2.94. The Hall–Kier alpha value is -3.43. The molecule has 3 rings (SSSR count). The van der Waals surface area contributed by atoms with Crippen molar-refractivity contribution in [2.24, 2.45) is 5.10 Å². The molecule has 172 valence electrons. The van der Waals surface area contributed by atoms with Crippen LogP contribution in [0.2, 0.25) is 5.02 Å². The van der Waals surface area contributed by atoms with E-state index >= 15 is 0 Å². The van der Waals surface area contributed by atoms with Crippen LogP contribution in [-0.4, -0.2) is 33.7 Å². The Morgan fingerprint density at radius 2 is 1.76 bits per heavy atom. The maximum Gasteiger partial charge on any atom is 0.264 e. The largest absolute Gasteiger partial charge is 0.495 e. The van der Waals surface area contributed by atoms with E-state index in [9.17, 15) is 17.6 Å². The SMILES string of the molecule is COc1ccc(Cl)cc1N(CC(=O)NN=C(C)c1ccc(F)cc1)S(=O)(=O)c1ccccc1. The van der Waals surface area contributed by atoms with E-state index in [2.05, 4.69) is 10.5 Å². The molecular weight excluding hydrogens is 469 g/mol. The third-order valence-electron chi connectivity index (χ3n) is 4.64. The Kier molecular flexibility index (Phi) is 7.67. The van der Waals surface area contributed by atoms with Crippen molar-refractivity contribution < 1.29 is 22.3 Å². The molecule has 0 unspecified atom stereocenters. The number of hydrogen-bond donors (Lipinski definition) is 1. The highest BCUT2D eigenvalue weighted by molar-refractivity contribution is 7.92. The molecule has 0 spiro atoms. The van der Waals surface area contributed by atoms with E-state index in [4.69, 9.17) is 16.3 Å². The van der Waals surface area contributed by atoms with E-state index in [1.165, 1.54) is 55.6 Å². The third kappa shape index (κ3) is 5.88. The molecule has 0 aromatic heterocycles. The van der Waals surface area contributed by atoms with E-state index in [1.54, 1.807) is 31.2 Å². The lowest BCUT2D eigenvalue weighted by Crippen LogP contribution is -2.40. The summed E-state index contributed by atoms with van der Waals surface area (Å²) in [4.78, 5) is 12.7. The van der Waals surface area contributed by atoms with Gasteiger partial charge in [0.25, 0.3) is 15.9 Å². The molecule has 0 aliphatic rings. The molecule has 10 heteroatoms. The Morgan fingerprint density at radius 3 is 2.39 bits per heavy atom. The minimum Gasteiger partial charge on any atom is -0.495 e. The second-order valence-electron chi connectivity index (χ2n) is 6.88. The van der Waals surface area contributed by atoms with Crippen LogP contribution in [0.1, 0.15) is 12.5 Å². The summed E-state index contributed by atoms with van der Waals surface area (Å²) in [5.74, 6) is -0.872. The molecule has 1 N–H and O–H groups in total. The van der Waals surface area contributed by atoms with Crippen molar-refractivity contribution in [2.45, 2.75) is 11.8 Å². The van der Waals surface area contributed by atoms with Crippen LogP contribution < -0.4 is 14.5 Å². The number of carbonyl (C=O) groups is 1. The smallest absolute Gasteiger partial charge is 0.264 e. The highest BCUT2D eigenvalue weighted by atomic mass is 35.5. The van der Waals surface area contributed by atoms with Crippen LogP contribution >= 0.6 is 11.6 Å². The van der Waals surface area contributed by atoms with E-state index in [1.807, 2.05) is 0 Å². The van der Waals surface area contributed by atoms with Gasteiger partial charge in [-0.05, 0) is 55.0 Å². The second kappa shape index (κ2) is 10.5. The van der Waals surface area contributed by atoms with Gasteiger partial charge >= 0.3 is 0 Å². The average Bonchev–Trinajstić information content (AvgIpc) is 2.82. The first-order chi connectivity index (χ1) is 15.7. The molecule has 1 amide bonds. The van der Waals surface area contributed by atoms with E-state index < -0.39 is 28.3 Å². The molecule has 0 saturated carbocycles. The van der Waals surface area contributed by atoms with Crippen molar-refractivity contribution >= 4 is 38.9 Å². The van der Waals surface area contributed by atoms with Crippen molar-refractivity contribution in [3.05, 3.63) is 89.2 Å². The molecule has 0 bridgehead atoms. The van der Waals surface area contributed by atoms with Crippen molar-refractivity contribution in [1.29, 1.82) is 0 Å². The van der Waals surface area contributed by atoms with Crippen molar-refractivity contribution in [3.63, 3.8) is 0 Å². The number of nitrogens with one attached hydrogen (secondary N) is 1. The number of ether oxygens (including phenoxy) is 1. The number of hydrogen-bond acceptors (Lipinski definition) is 5. The lowest BCUT2D eigenvalue weighted by molar-refractivity contribution is -0.119. The number of rotatable bonds is 8. The van der Waals surface area contributed by atoms with Gasteiger partial charge in [0.1, 0.15) is 18.1 Å². The van der Waals surface area contributed by atoms with Gasteiger partial charge in [-0.2, -0.15) is 5.10 Å². The monoisotopic (exact) mass is 489 g/mol. The number of anilines is 1. The maximum atomic E-state index is 13.4. The molecule has 0 fully saturated rings. The summed E-state index contributed by atoms with van der Waals surface area (Å²) in [7, 11) is -2.76. The number of methoxy groups -OCH3 is 1. The fraction of sp³-hybridized carbons (Fsp3) is 0.130. The average molecular weight is 490 g/mol. The lowest BCUT2D eigenvalue weighted by atomic mass is 10.1. The van der Waals surface area contributed by atoms with Crippen molar-refractivity contribution in [1.82, 2.24) is 5.43 Å². The number of sulfonamides is 1. The van der Waals surface area contributed by atoms with Crippen molar-refractivity contribution in [2.75, 3.05) is 18.0 Å². The molecule has 0 aliphatic carbocycles. The van der Waals surface area contributed by atoms with E-state index in [-0.39, 0.29) is 21.4 Å². The predicted molar refractivity (Wildman–Crippen MR) is 126 cm³/mol. The van der Waals surface area contributed by atoms with Crippen LogP contribution in [0.5, 0.6) is 5.75 Å². The van der Waals surface area contributed by atoms with Gasteiger partial charge in [-0.1, -0.05) is 41.9 Å². The van der Waals surface area contributed by atoms with Gasteiger partial charge in [0, 0.05) is 5.02 Å². The van der Waals surface area contributed by atoms with E-state index in [0.717, 1.165) is 4.31 Å². The van der Waals surface area contributed by atoms with Crippen LogP contribution in [0.3, 0.4) is 0 Å². The van der Waals surface area contributed by atoms with Crippen LogP contribution in [0.4, 0.5) is 10.1 Å². The number of hydrazone groups is 1. The standard InChI is InChI=1S/C23H21ClFN3O4S/c1-16(17-8-11-19(25)12-9-17)26-27-23(29)15-28(21-14-18(24)10-13-22(21)32-2)33(30,31)20-6-4-3-5-7-20/h3-14H,15H2,1-2H3,(H,27,29).